The SMILES string of the molecule is CC(C)C1CCN(c2nc(C3CC3)c(CO)s2)CC1. The Hall–Kier alpha value is -0.610. The molecule has 0 unspecified atom stereocenters. The van der Waals surface area contributed by atoms with Crippen molar-refractivity contribution in [2.24, 2.45) is 11.8 Å². The third-order valence-electron chi connectivity index (χ3n) is 4.58. The molecule has 1 N–H and O–H groups in total. The Labute approximate surface area is 119 Å². The van der Waals surface area contributed by atoms with Gasteiger partial charge in [0, 0.05) is 19.0 Å². The van der Waals surface area contributed by atoms with Gasteiger partial charge in [0.15, 0.2) is 5.13 Å². The van der Waals surface area contributed by atoms with Crippen molar-refractivity contribution in [2.75, 3.05) is 18.0 Å². The van der Waals surface area contributed by atoms with Crippen molar-refractivity contribution in [2.45, 2.75) is 52.1 Å². The number of thiazole rings is 1. The molecule has 1 saturated carbocycles. The van der Waals surface area contributed by atoms with E-state index in [0.29, 0.717) is 5.92 Å². The fourth-order valence-electron chi connectivity index (χ4n) is 3.03. The monoisotopic (exact) mass is 280 g/mol. The molecule has 0 bridgehead atoms. The van der Waals surface area contributed by atoms with E-state index in [1.165, 1.54) is 31.4 Å². The van der Waals surface area contributed by atoms with E-state index >= 15 is 0 Å². The normalized spacial score (nSPS) is 21.4. The summed E-state index contributed by atoms with van der Waals surface area (Å²) in [5.74, 6) is 2.31. The zero-order chi connectivity index (χ0) is 13.4. The molecule has 0 atom stereocenters. The highest BCUT2D eigenvalue weighted by atomic mass is 32.1. The number of hydrogen-bond acceptors (Lipinski definition) is 4. The van der Waals surface area contributed by atoms with Gasteiger partial charge in [-0.15, -0.1) is 0 Å². The van der Waals surface area contributed by atoms with Gasteiger partial charge in [0.05, 0.1) is 17.2 Å². The lowest BCUT2D eigenvalue weighted by atomic mass is 9.87. The molecule has 0 radical (unpaired) electrons. The van der Waals surface area contributed by atoms with Crippen LogP contribution >= 0.6 is 11.3 Å². The Morgan fingerprint density at radius 2 is 1.95 bits per heavy atom. The second-order valence-electron chi connectivity index (χ2n) is 6.31. The topological polar surface area (TPSA) is 36.4 Å². The second-order valence-corrected chi connectivity index (χ2v) is 7.37. The maximum atomic E-state index is 9.47. The predicted molar refractivity (Wildman–Crippen MR) is 79.8 cm³/mol. The number of hydrogen-bond donors (Lipinski definition) is 1. The molecule has 19 heavy (non-hydrogen) atoms. The van der Waals surface area contributed by atoms with Crippen LogP contribution in [0, 0.1) is 11.8 Å². The molecule has 2 fully saturated rings. The van der Waals surface area contributed by atoms with Gasteiger partial charge in [-0.05, 0) is 37.5 Å². The molecular formula is C15H24N2OS. The van der Waals surface area contributed by atoms with Gasteiger partial charge in [-0.1, -0.05) is 25.2 Å². The van der Waals surface area contributed by atoms with Crippen molar-refractivity contribution in [1.29, 1.82) is 0 Å². The quantitative estimate of drug-likeness (QED) is 0.918. The fraction of sp³-hybridized carbons (Fsp3) is 0.800. The minimum Gasteiger partial charge on any atom is -0.391 e. The van der Waals surface area contributed by atoms with Gasteiger partial charge in [0.25, 0.3) is 0 Å². The van der Waals surface area contributed by atoms with E-state index in [4.69, 9.17) is 4.98 Å². The Kier molecular flexibility index (Phi) is 3.81. The number of anilines is 1. The summed E-state index contributed by atoms with van der Waals surface area (Å²) in [6.07, 6.45) is 5.08. The maximum absolute atomic E-state index is 9.47. The lowest BCUT2D eigenvalue weighted by molar-refractivity contribution is 0.284. The van der Waals surface area contributed by atoms with E-state index in [-0.39, 0.29) is 6.61 Å². The molecule has 4 heteroatoms. The molecule has 0 spiro atoms. The van der Waals surface area contributed by atoms with Crippen LogP contribution in [0.15, 0.2) is 0 Å². The minimum absolute atomic E-state index is 0.159. The summed E-state index contributed by atoms with van der Waals surface area (Å²) in [5.41, 5.74) is 1.19. The molecule has 1 aliphatic carbocycles. The van der Waals surface area contributed by atoms with Gasteiger partial charge in [-0.2, -0.15) is 0 Å². The smallest absolute Gasteiger partial charge is 0.185 e. The van der Waals surface area contributed by atoms with E-state index in [0.717, 1.165) is 34.9 Å². The molecule has 1 aromatic heterocycles. The molecule has 0 amide bonds. The van der Waals surface area contributed by atoms with Crippen molar-refractivity contribution in [3.05, 3.63) is 10.6 Å². The summed E-state index contributed by atoms with van der Waals surface area (Å²) in [4.78, 5) is 8.35. The third-order valence-corrected chi connectivity index (χ3v) is 5.69. The number of aliphatic hydroxyl groups is 1. The Morgan fingerprint density at radius 3 is 2.47 bits per heavy atom. The van der Waals surface area contributed by atoms with Gasteiger partial charge in [0.2, 0.25) is 0 Å². The summed E-state index contributed by atoms with van der Waals surface area (Å²) < 4.78 is 0. The Bertz CT molecular complexity index is 431. The molecule has 2 aliphatic rings. The van der Waals surface area contributed by atoms with E-state index < -0.39 is 0 Å². The summed E-state index contributed by atoms with van der Waals surface area (Å²) in [7, 11) is 0. The number of piperidine rings is 1. The van der Waals surface area contributed by atoms with Crippen molar-refractivity contribution in [3.8, 4) is 0 Å². The first kappa shape index (κ1) is 13.4. The van der Waals surface area contributed by atoms with Gasteiger partial charge >= 0.3 is 0 Å². The largest absolute Gasteiger partial charge is 0.391 e. The molecule has 1 aliphatic heterocycles. The van der Waals surface area contributed by atoms with Gasteiger partial charge < -0.3 is 10.0 Å². The van der Waals surface area contributed by atoms with E-state index in [2.05, 4.69) is 18.7 Å². The highest BCUT2D eigenvalue weighted by Crippen LogP contribution is 2.44. The van der Waals surface area contributed by atoms with Gasteiger partial charge in [0.1, 0.15) is 0 Å². The molecule has 3 rings (SSSR count). The van der Waals surface area contributed by atoms with E-state index in [1.807, 2.05) is 0 Å². The molecule has 0 aromatic carbocycles. The number of rotatable bonds is 4. The lowest BCUT2D eigenvalue weighted by Crippen LogP contribution is -2.35. The van der Waals surface area contributed by atoms with Crippen molar-refractivity contribution in [1.82, 2.24) is 4.98 Å². The Balaban J connectivity index is 1.69. The van der Waals surface area contributed by atoms with Gasteiger partial charge in [-0.25, -0.2) is 4.98 Å². The zero-order valence-corrected chi connectivity index (χ0v) is 12.7. The fourth-order valence-corrected chi connectivity index (χ4v) is 4.09. The highest BCUT2D eigenvalue weighted by molar-refractivity contribution is 7.15. The number of aliphatic hydroxyl groups excluding tert-OH is 1. The highest BCUT2D eigenvalue weighted by Gasteiger charge is 2.31. The first-order valence-electron chi connectivity index (χ1n) is 7.54. The second kappa shape index (κ2) is 5.41. The van der Waals surface area contributed by atoms with Crippen LogP contribution in [0.5, 0.6) is 0 Å². The van der Waals surface area contributed by atoms with Gasteiger partial charge in [-0.3, -0.25) is 0 Å². The van der Waals surface area contributed by atoms with Crippen LogP contribution in [0.1, 0.15) is 56.0 Å². The van der Waals surface area contributed by atoms with Crippen LogP contribution in [0.4, 0.5) is 5.13 Å². The van der Waals surface area contributed by atoms with Crippen molar-refractivity contribution >= 4 is 16.5 Å². The van der Waals surface area contributed by atoms with Crippen LogP contribution in [0.3, 0.4) is 0 Å². The lowest BCUT2D eigenvalue weighted by Gasteiger charge is -2.33. The first-order chi connectivity index (χ1) is 9.19. The average molecular weight is 280 g/mol. The Morgan fingerprint density at radius 1 is 1.26 bits per heavy atom. The summed E-state index contributed by atoms with van der Waals surface area (Å²) >= 11 is 1.71. The summed E-state index contributed by atoms with van der Waals surface area (Å²) in [5, 5.41) is 10.6. The molecular weight excluding hydrogens is 256 g/mol. The van der Waals surface area contributed by atoms with Crippen LogP contribution < -0.4 is 4.90 Å². The molecule has 1 aromatic rings. The van der Waals surface area contributed by atoms with Crippen LogP contribution in [-0.4, -0.2) is 23.2 Å². The standard InChI is InChI=1S/C15H24N2OS/c1-10(2)11-5-7-17(8-6-11)15-16-14(12-3-4-12)13(9-18)19-15/h10-12,18H,3-9H2,1-2H3. The van der Waals surface area contributed by atoms with Crippen LogP contribution in [0.2, 0.25) is 0 Å². The maximum Gasteiger partial charge on any atom is 0.185 e. The molecule has 106 valence electrons. The van der Waals surface area contributed by atoms with E-state index in [1.54, 1.807) is 11.3 Å². The summed E-state index contributed by atoms with van der Waals surface area (Å²) in [6.45, 7) is 7.08. The molecule has 2 heterocycles. The molecule has 1 saturated heterocycles. The van der Waals surface area contributed by atoms with Crippen LogP contribution in [-0.2, 0) is 6.61 Å². The summed E-state index contributed by atoms with van der Waals surface area (Å²) in [6, 6.07) is 0. The minimum atomic E-state index is 0.159. The number of nitrogens with zero attached hydrogens (tertiary/aromatic N) is 2. The zero-order valence-electron chi connectivity index (χ0n) is 11.9. The van der Waals surface area contributed by atoms with Crippen molar-refractivity contribution < 1.29 is 5.11 Å². The van der Waals surface area contributed by atoms with E-state index in [9.17, 15) is 5.11 Å². The number of aromatic nitrogens is 1. The average Bonchev–Trinajstić information content (AvgIpc) is 3.18. The molecule has 3 nitrogen and oxygen atoms in total. The first-order valence-corrected chi connectivity index (χ1v) is 8.36. The van der Waals surface area contributed by atoms with Crippen molar-refractivity contribution in [3.63, 3.8) is 0 Å². The third kappa shape index (κ3) is 2.79. The predicted octanol–water partition coefficient (Wildman–Crippen LogP) is 3.39. The van der Waals surface area contributed by atoms with Crippen LogP contribution in [0.25, 0.3) is 0 Å².